The maximum atomic E-state index is 13.7. The molecule has 0 aliphatic rings. The van der Waals surface area contributed by atoms with E-state index in [0.717, 1.165) is 11.4 Å². The van der Waals surface area contributed by atoms with Crippen molar-refractivity contribution in [2.24, 2.45) is 0 Å². The molecule has 0 saturated heterocycles. The van der Waals surface area contributed by atoms with Gasteiger partial charge in [0, 0.05) is 24.1 Å². The van der Waals surface area contributed by atoms with Crippen molar-refractivity contribution in [3.05, 3.63) is 77.5 Å². The van der Waals surface area contributed by atoms with Gasteiger partial charge in [0.2, 0.25) is 7.37 Å². The third kappa shape index (κ3) is 6.08. The SMILES string of the molecule is COP(=O)(/C=C/c1c(C(C)C)nn(-c2ccccc2)c1-c1ccc(F)cc1)CC(O)CC(=O)O. The lowest BCUT2D eigenvalue weighted by Gasteiger charge is -2.15. The third-order valence-corrected chi connectivity index (χ3v) is 7.42. The second-order valence-corrected chi connectivity index (χ2v) is 10.7. The summed E-state index contributed by atoms with van der Waals surface area (Å²) >= 11 is 0. The van der Waals surface area contributed by atoms with Gasteiger partial charge in [0.15, 0.2) is 0 Å². The molecule has 1 heterocycles. The largest absolute Gasteiger partial charge is 0.481 e. The number of aliphatic hydroxyl groups is 1. The van der Waals surface area contributed by atoms with Crippen LogP contribution in [0.2, 0.25) is 0 Å². The predicted octanol–water partition coefficient (Wildman–Crippen LogP) is 5.53. The smallest absolute Gasteiger partial charge is 0.305 e. The molecule has 0 saturated carbocycles. The number of carboxylic acids is 1. The Morgan fingerprint density at radius 2 is 1.82 bits per heavy atom. The van der Waals surface area contributed by atoms with Crippen LogP contribution in [0.25, 0.3) is 23.0 Å². The molecule has 7 nitrogen and oxygen atoms in total. The summed E-state index contributed by atoms with van der Waals surface area (Å²) < 4.78 is 33.9. The summed E-state index contributed by atoms with van der Waals surface area (Å²) in [6, 6.07) is 15.5. The lowest BCUT2D eigenvalue weighted by atomic mass is 10.00. The molecule has 2 atom stereocenters. The van der Waals surface area contributed by atoms with Crippen LogP contribution in [0.1, 0.15) is 37.4 Å². The Hall–Kier alpha value is -3.06. The Balaban J connectivity index is 2.17. The molecular weight excluding hydrogens is 458 g/mol. The van der Waals surface area contributed by atoms with E-state index in [-0.39, 0.29) is 17.9 Å². The molecule has 3 rings (SSSR count). The molecule has 0 amide bonds. The van der Waals surface area contributed by atoms with Crippen molar-refractivity contribution < 1.29 is 28.5 Å². The van der Waals surface area contributed by atoms with E-state index < -0.39 is 25.9 Å². The van der Waals surface area contributed by atoms with E-state index in [4.69, 9.17) is 14.7 Å². The number of hydrogen-bond acceptors (Lipinski definition) is 5. The van der Waals surface area contributed by atoms with Gasteiger partial charge in [-0.3, -0.25) is 9.36 Å². The van der Waals surface area contributed by atoms with Crippen molar-refractivity contribution in [3.8, 4) is 16.9 Å². The van der Waals surface area contributed by atoms with Crippen LogP contribution >= 0.6 is 7.37 Å². The van der Waals surface area contributed by atoms with E-state index in [1.807, 2.05) is 44.2 Å². The molecule has 0 spiro atoms. The number of carboxylic acid groups (broad SMARTS) is 1. The molecule has 0 aliphatic carbocycles. The predicted molar refractivity (Wildman–Crippen MR) is 130 cm³/mol. The number of carbonyl (C=O) groups is 1. The number of para-hydroxylation sites is 1. The monoisotopic (exact) mass is 486 g/mol. The van der Waals surface area contributed by atoms with Crippen molar-refractivity contribution in [3.63, 3.8) is 0 Å². The van der Waals surface area contributed by atoms with Gasteiger partial charge in [-0.1, -0.05) is 32.0 Å². The summed E-state index contributed by atoms with van der Waals surface area (Å²) in [5.74, 6) is -0.178. The van der Waals surface area contributed by atoms with Gasteiger partial charge in [-0.15, -0.1) is 0 Å². The minimum absolute atomic E-state index is 0.00309. The highest BCUT2D eigenvalue weighted by molar-refractivity contribution is 7.62. The van der Waals surface area contributed by atoms with E-state index in [1.165, 1.54) is 25.1 Å². The zero-order valence-electron chi connectivity index (χ0n) is 19.3. The summed E-state index contributed by atoms with van der Waals surface area (Å²) in [5, 5.41) is 23.7. The first-order valence-corrected chi connectivity index (χ1v) is 12.7. The van der Waals surface area contributed by atoms with Crippen molar-refractivity contribution in [1.29, 1.82) is 0 Å². The summed E-state index contributed by atoms with van der Waals surface area (Å²) in [5.41, 5.74) is 3.60. The van der Waals surface area contributed by atoms with Gasteiger partial charge < -0.3 is 14.7 Å². The summed E-state index contributed by atoms with van der Waals surface area (Å²) in [6.45, 7) is 3.96. The van der Waals surface area contributed by atoms with Gasteiger partial charge in [0.25, 0.3) is 0 Å². The van der Waals surface area contributed by atoms with Gasteiger partial charge in [-0.2, -0.15) is 5.10 Å². The number of nitrogens with zero attached hydrogens (tertiary/aromatic N) is 2. The fourth-order valence-electron chi connectivity index (χ4n) is 3.62. The molecule has 34 heavy (non-hydrogen) atoms. The summed E-state index contributed by atoms with van der Waals surface area (Å²) in [4.78, 5) is 10.9. The number of halogens is 1. The molecular formula is C25H28FN2O5P. The highest BCUT2D eigenvalue weighted by Crippen LogP contribution is 2.49. The van der Waals surface area contributed by atoms with E-state index >= 15 is 0 Å². The van der Waals surface area contributed by atoms with Gasteiger partial charge in [-0.05, 0) is 48.4 Å². The normalized spacial score (nSPS) is 14.4. The highest BCUT2D eigenvalue weighted by Gasteiger charge is 2.26. The molecule has 180 valence electrons. The summed E-state index contributed by atoms with van der Waals surface area (Å²) in [6.07, 6.45) is -0.549. The Labute approximate surface area is 198 Å². The van der Waals surface area contributed by atoms with Crippen molar-refractivity contribution in [2.45, 2.75) is 32.3 Å². The van der Waals surface area contributed by atoms with Crippen molar-refractivity contribution in [1.82, 2.24) is 9.78 Å². The second kappa shape index (κ2) is 10.9. The van der Waals surface area contributed by atoms with Gasteiger partial charge in [0.1, 0.15) is 5.82 Å². The minimum atomic E-state index is -3.50. The standard InChI is InChI=1S/C25H28FN2O5P/c1-17(2)24-22(13-14-34(32,33-3)16-21(29)15-23(30)31)25(18-9-11-19(26)12-10-18)28(27-24)20-7-5-4-6-8-20/h4-14,17,21,29H,15-16H2,1-3H3,(H,30,31)/b14-13+. The molecule has 3 aromatic rings. The van der Waals surface area contributed by atoms with E-state index in [1.54, 1.807) is 22.9 Å². The lowest BCUT2D eigenvalue weighted by Crippen LogP contribution is -2.17. The molecule has 2 unspecified atom stereocenters. The van der Waals surface area contributed by atoms with E-state index in [2.05, 4.69) is 0 Å². The Kier molecular flexibility index (Phi) is 8.20. The fraction of sp³-hybridized carbons (Fsp3) is 0.280. The first-order chi connectivity index (χ1) is 16.1. The maximum Gasteiger partial charge on any atom is 0.305 e. The molecule has 9 heteroatoms. The molecule has 0 bridgehead atoms. The molecule has 0 fully saturated rings. The van der Waals surface area contributed by atoms with Crippen LogP contribution in [0.4, 0.5) is 4.39 Å². The Morgan fingerprint density at radius 1 is 1.18 bits per heavy atom. The average Bonchev–Trinajstić information content (AvgIpc) is 3.18. The van der Waals surface area contributed by atoms with Crippen LogP contribution in [0.5, 0.6) is 0 Å². The van der Waals surface area contributed by atoms with Crippen LogP contribution in [0, 0.1) is 5.82 Å². The molecule has 1 aromatic heterocycles. The second-order valence-electron chi connectivity index (χ2n) is 8.22. The molecule has 0 aliphatic heterocycles. The Bertz CT molecular complexity index is 1210. The van der Waals surface area contributed by atoms with Crippen LogP contribution in [-0.4, -0.2) is 45.3 Å². The fourth-order valence-corrected chi connectivity index (χ4v) is 5.11. The first-order valence-electron chi connectivity index (χ1n) is 10.8. The lowest BCUT2D eigenvalue weighted by molar-refractivity contribution is -0.138. The van der Waals surface area contributed by atoms with Crippen LogP contribution in [0.3, 0.4) is 0 Å². The quantitative estimate of drug-likeness (QED) is 0.365. The number of aliphatic hydroxyl groups excluding tert-OH is 1. The first kappa shape index (κ1) is 25.6. The third-order valence-electron chi connectivity index (χ3n) is 5.27. The maximum absolute atomic E-state index is 13.7. The molecule has 2 aromatic carbocycles. The van der Waals surface area contributed by atoms with Crippen LogP contribution in [0.15, 0.2) is 60.4 Å². The van der Waals surface area contributed by atoms with Gasteiger partial charge >= 0.3 is 5.97 Å². The Morgan fingerprint density at radius 3 is 2.38 bits per heavy atom. The zero-order chi connectivity index (χ0) is 24.9. The highest BCUT2D eigenvalue weighted by atomic mass is 31.2. The van der Waals surface area contributed by atoms with Crippen LogP contribution < -0.4 is 0 Å². The number of benzene rings is 2. The number of hydrogen-bond donors (Lipinski definition) is 2. The minimum Gasteiger partial charge on any atom is -0.481 e. The van der Waals surface area contributed by atoms with Gasteiger partial charge in [0.05, 0.1) is 35.8 Å². The molecule has 2 N–H and O–H groups in total. The van der Waals surface area contributed by atoms with Crippen molar-refractivity contribution in [2.75, 3.05) is 13.3 Å². The molecule has 0 radical (unpaired) electrons. The van der Waals surface area contributed by atoms with Crippen LogP contribution in [-0.2, 0) is 13.9 Å². The topological polar surface area (TPSA) is 102 Å². The number of aliphatic carboxylic acids is 1. The number of aromatic nitrogens is 2. The van der Waals surface area contributed by atoms with Crippen molar-refractivity contribution >= 4 is 19.4 Å². The zero-order valence-corrected chi connectivity index (χ0v) is 20.2. The number of rotatable bonds is 10. The van der Waals surface area contributed by atoms with E-state index in [0.29, 0.717) is 16.8 Å². The van der Waals surface area contributed by atoms with Gasteiger partial charge in [-0.25, -0.2) is 9.07 Å². The van der Waals surface area contributed by atoms with E-state index in [9.17, 15) is 18.9 Å². The average molecular weight is 486 g/mol. The summed E-state index contributed by atoms with van der Waals surface area (Å²) in [7, 11) is -2.24.